The monoisotopic (exact) mass is 214 g/mol. The van der Waals surface area contributed by atoms with Crippen molar-refractivity contribution in [3.05, 3.63) is 24.3 Å². The van der Waals surface area contributed by atoms with Crippen molar-refractivity contribution in [3.8, 4) is 12.3 Å². The lowest BCUT2D eigenvalue weighted by atomic mass is 10.1. The SMILES string of the molecule is C#CCNc1ccc(N2CCCCC2)cc1. The van der Waals surface area contributed by atoms with Gasteiger partial charge in [-0.05, 0) is 43.5 Å². The van der Waals surface area contributed by atoms with E-state index in [1.54, 1.807) is 0 Å². The number of anilines is 2. The number of rotatable bonds is 3. The molecule has 0 aromatic heterocycles. The van der Waals surface area contributed by atoms with Crippen LogP contribution in [0.4, 0.5) is 11.4 Å². The topological polar surface area (TPSA) is 15.3 Å². The minimum atomic E-state index is 0.586. The van der Waals surface area contributed by atoms with Crippen LogP contribution in [-0.4, -0.2) is 19.6 Å². The van der Waals surface area contributed by atoms with Crippen LogP contribution in [0.15, 0.2) is 24.3 Å². The molecular weight excluding hydrogens is 196 g/mol. The maximum Gasteiger partial charge on any atom is 0.0763 e. The molecule has 0 unspecified atom stereocenters. The van der Waals surface area contributed by atoms with Crippen LogP contribution in [0, 0.1) is 12.3 Å². The number of hydrogen-bond acceptors (Lipinski definition) is 2. The van der Waals surface area contributed by atoms with Crippen molar-refractivity contribution in [2.45, 2.75) is 19.3 Å². The molecule has 1 fully saturated rings. The molecule has 16 heavy (non-hydrogen) atoms. The molecule has 0 saturated carbocycles. The maximum atomic E-state index is 5.20. The highest BCUT2D eigenvalue weighted by Gasteiger charge is 2.10. The van der Waals surface area contributed by atoms with E-state index in [1.165, 1.54) is 38.0 Å². The van der Waals surface area contributed by atoms with Gasteiger partial charge in [-0.15, -0.1) is 6.42 Å². The van der Waals surface area contributed by atoms with E-state index in [9.17, 15) is 0 Å². The minimum Gasteiger partial charge on any atom is -0.374 e. The normalized spacial score (nSPS) is 15.6. The third-order valence-corrected chi connectivity index (χ3v) is 2.98. The molecule has 0 radical (unpaired) electrons. The van der Waals surface area contributed by atoms with Crippen molar-refractivity contribution in [1.82, 2.24) is 0 Å². The molecule has 0 aliphatic carbocycles. The number of piperidine rings is 1. The summed E-state index contributed by atoms with van der Waals surface area (Å²) in [4.78, 5) is 2.45. The van der Waals surface area contributed by atoms with E-state index in [2.05, 4.69) is 40.4 Å². The van der Waals surface area contributed by atoms with Gasteiger partial charge in [-0.25, -0.2) is 0 Å². The van der Waals surface area contributed by atoms with Crippen molar-refractivity contribution in [2.24, 2.45) is 0 Å². The summed E-state index contributed by atoms with van der Waals surface area (Å²) in [5.74, 6) is 2.57. The van der Waals surface area contributed by atoms with Crippen LogP contribution < -0.4 is 10.2 Å². The lowest BCUT2D eigenvalue weighted by Gasteiger charge is -2.28. The van der Waals surface area contributed by atoms with Gasteiger partial charge in [0.25, 0.3) is 0 Å². The quantitative estimate of drug-likeness (QED) is 0.778. The van der Waals surface area contributed by atoms with Gasteiger partial charge in [-0.1, -0.05) is 5.92 Å². The fraction of sp³-hybridized carbons (Fsp3) is 0.429. The van der Waals surface area contributed by atoms with Gasteiger partial charge in [0, 0.05) is 24.5 Å². The summed E-state index contributed by atoms with van der Waals surface area (Å²) in [6.07, 6.45) is 9.21. The van der Waals surface area contributed by atoms with E-state index in [4.69, 9.17) is 6.42 Å². The summed E-state index contributed by atoms with van der Waals surface area (Å²) in [5.41, 5.74) is 2.42. The number of nitrogens with one attached hydrogen (secondary N) is 1. The van der Waals surface area contributed by atoms with Gasteiger partial charge < -0.3 is 10.2 Å². The van der Waals surface area contributed by atoms with Gasteiger partial charge in [0.15, 0.2) is 0 Å². The summed E-state index contributed by atoms with van der Waals surface area (Å²) >= 11 is 0. The van der Waals surface area contributed by atoms with E-state index in [1.807, 2.05) is 0 Å². The maximum absolute atomic E-state index is 5.20. The van der Waals surface area contributed by atoms with Crippen LogP contribution >= 0.6 is 0 Å². The van der Waals surface area contributed by atoms with Crippen LogP contribution in [-0.2, 0) is 0 Å². The van der Waals surface area contributed by atoms with Crippen molar-refractivity contribution >= 4 is 11.4 Å². The third kappa shape index (κ3) is 2.70. The molecular formula is C14H18N2. The average molecular weight is 214 g/mol. The first-order chi connectivity index (χ1) is 7.90. The van der Waals surface area contributed by atoms with Crippen LogP contribution in [0.3, 0.4) is 0 Å². The Labute approximate surface area is 97.7 Å². The highest BCUT2D eigenvalue weighted by Crippen LogP contribution is 2.21. The second-order valence-corrected chi connectivity index (χ2v) is 4.15. The molecule has 0 spiro atoms. The molecule has 1 saturated heterocycles. The van der Waals surface area contributed by atoms with E-state index in [-0.39, 0.29) is 0 Å². The molecule has 1 heterocycles. The van der Waals surface area contributed by atoms with Crippen LogP contribution in [0.25, 0.3) is 0 Å². The molecule has 1 aliphatic heterocycles. The van der Waals surface area contributed by atoms with Gasteiger partial charge in [0.1, 0.15) is 0 Å². The van der Waals surface area contributed by atoms with Gasteiger partial charge in [0.2, 0.25) is 0 Å². The van der Waals surface area contributed by atoms with Crippen molar-refractivity contribution < 1.29 is 0 Å². The predicted molar refractivity (Wildman–Crippen MR) is 69.8 cm³/mol. The van der Waals surface area contributed by atoms with Crippen molar-refractivity contribution in [3.63, 3.8) is 0 Å². The molecule has 1 aromatic rings. The van der Waals surface area contributed by atoms with E-state index in [0.29, 0.717) is 6.54 Å². The Bertz CT molecular complexity index is 355. The van der Waals surface area contributed by atoms with Crippen molar-refractivity contribution in [2.75, 3.05) is 29.9 Å². The molecule has 2 heteroatoms. The fourth-order valence-electron chi connectivity index (χ4n) is 2.10. The van der Waals surface area contributed by atoms with Crippen molar-refractivity contribution in [1.29, 1.82) is 0 Å². The minimum absolute atomic E-state index is 0.586. The first kappa shape index (κ1) is 10.9. The first-order valence-corrected chi connectivity index (χ1v) is 5.92. The summed E-state index contributed by atoms with van der Waals surface area (Å²) in [6.45, 7) is 2.97. The Morgan fingerprint density at radius 3 is 2.44 bits per heavy atom. The summed E-state index contributed by atoms with van der Waals surface area (Å²) in [5, 5.41) is 3.17. The summed E-state index contributed by atoms with van der Waals surface area (Å²) in [6, 6.07) is 8.54. The smallest absolute Gasteiger partial charge is 0.0763 e. The molecule has 2 rings (SSSR count). The van der Waals surface area contributed by atoms with E-state index < -0.39 is 0 Å². The Balaban J connectivity index is 1.98. The highest BCUT2D eigenvalue weighted by atomic mass is 15.1. The van der Waals surface area contributed by atoms with Crippen LogP contribution in [0.2, 0.25) is 0 Å². The first-order valence-electron chi connectivity index (χ1n) is 5.92. The van der Waals surface area contributed by atoms with E-state index >= 15 is 0 Å². The third-order valence-electron chi connectivity index (χ3n) is 2.98. The molecule has 0 atom stereocenters. The fourth-order valence-corrected chi connectivity index (χ4v) is 2.10. The zero-order chi connectivity index (χ0) is 11.2. The molecule has 2 nitrogen and oxygen atoms in total. The molecule has 0 amide bonds. The number of hydrogen-bond donors (Lipinski definition) is 1. The summed E-state index contributed by atoms with van der Waals surface area (Å²) in [7, 11) is 0. The molecule has 84 valence electrons. The van der Waals surface area contributed by atoms with Crippen LogP contribution in [0.5, 0.6) is 0 Å². The second-order valence-electron chi connectivity index (χ2n) is 4.15. The lowest BCUT2D eigenvalue weighted by Crippen LogP contribution is -2.29. The van der Waals surface area contributed by atoms with E-state index in [0.717, 1.165) is 5.69 Å². The molecule has 0 bridgehead atoms. The van der Waals surface area contributed by atoms with Gasteiger partial charge in [0.05, 0.1) is 6.54 Å². The Morgan fingerprint density at radius 2 is 1.81 bits per heavy atom. The van der Waals surface area contributed by atoms with Gasteiger partial charge >= 0.3 is 0 Å². The molecule has 1 N–H and O–H groups in total. The molecule has 1 aromatic carbocycles. The zero-order valence-corrected chi connectivity index (χ0v) is 9.58. The second kappa shape index (κ2) is 5.46. The number of terminal acetylenes is 1. The Kier molecular flexibility index (Phi) is 3.71. The lowest BCUT2D eigenvalue weighted by molar-refractivity contribution is 0.578. The van der Waals surface area contributed by atoms with Crippen LogP contribution in [0.1, 0.15) is 19.3 Å². The number of nitrogens with zero attached hydrogens (tertiary/aromatic N) is 1. The van der Waals surface area contributed by atoms with Gasteiger partial charge in [-0.2, -0.15) is 0 Å². The Morgan fingerprint density at radius 1 is 1.12 bits per heavy atom. The average Bonchev–Trinajstić information content (AvgIpc) is 2.38. The molecule has 1 aliphatic rings. The largest absolute Gasteiger partial charge is 0.374 e. The van der Waals surface area contributed by atoms with Gasteiger partial charge in [-0.3, -0.25) is 0 Å². The highest BCUT2D eigenvalue weighted by molar-refractivity contribution is 5.55. The standard InChI is InChI=1S/C14H18N2/c1-2-10-15-13-6-8-14(9-7-13)16-11-4-3-5-12-16/h1,6-9,15H,3-5,10-12H2. The predicted octanol–water partition coefficient (Wildman–Crippen LogP) is 2.72. The zero-order valence-electron chi connectivity index (χ0n) is 9.58. The summed E-state index contributed by atoms with van der Waals surface area (Å²) < 4.78 is 0. The Hall–Kier alpha value is -1.62. The number of benzene rings is 1.